The second-order valence-corrected chi connectivity index (χ2v) is 5.29. The highest BCUT2D eigenvalue weighted by Gasteiger charge is 2.13. The molecular formula is C16H14BrFO2. The van der Waals surface area contributed by atoms with Crippen molar-refractivity contribution in [2.45, 2.75) is 13.3 Å². The number of ether oxygens (including phenoxy) is 1. The maximum atomic E-state index is 13.4. The van der Waals surface area contributed by atoms with E-state index in [1.54, 1.807) is 31.4 Å². The second kappa shape index (κ2) is 6.18. The molecule has 0 radical (unpaired) electrons. The molecule has 2 nitrogen and oxygen atoms in total. The summed E-state index contributed by atoms with van der Waals surface area (Å²) in [5.74, 6) is 0.237. The lowest BCUT2D eigenvalue weighted by atomic mass is 10.0. The maximum Gasteiger partial charge on any atom is 0.167 e. The summed E-state index contributed by atoms with van der Waals surface area (Å²) in [6.07, 6.45) is 0.143. The van der Waals surface area contributed by atoms with Crippen LogP contribution in [0.25, 0.3) is 0 Å². The van der Waals surface area contributed by atoms with E-state index >= 15 is 0 Å². The number of hydrogen-bond acceptors (Lipinski definition) is 2. The van der Waals surface area contributed by atoms with Crippen molar-refractivity contribution in [1.29, 1.82) is 0 Å². The van der Waals surface area contributed by atoms with E-state index in [0.717, 1.165) is 5.56 Å². The monoisotopic (exact) mass is 336 g/mol. The van der Waals surface area contributed by atoms with Crippen LogP contribution in [0.4, 0.5) is 4.39 Å². The Labute approximate surface area is 125 Å². The smallest absolute Gasteiger partial charge is 0.167 e. The van der Waals surface area contributed by atoms with Crippen LogP contribution >= 0.6 is 15.9 Å². The van der Waals surface area contributed by atoms with Crippen molar-refractivity contribution in [2.75, 3.05) is 7.11 Å². The minimum Gasteiger partial charge on any atom is -0.496 e. The third kappa shape index (κ3) is 3.07. The Hall–Kier alpha value is -1.68. The highest BCUT2D eigenvalue weighted by atomic mass is 79.9. The molecule has 0 fully saturated rings. The molecule has 4 heteroatoms. The molecule has 2 aromatic rings. The van der Waals surface area contributed by atoms with Gasteiger partial charge in [0, 0.05) is 12.0 Å². The molecule has 0 aliphatic rings. The van der Waals surface area contributed by atoms with Crippen molar-refractivity contribution in [3.05, 3.63) is 63.4 Å². The van der Waals surface area contributed by atoms with E-state index in [0.29, 0.717) is 21.3 Å². The first-order chi connectivity index (χ1) is 9.52. The van der Waals surface area contributed by atoms with Crippen molar-refractivity contribution in [2.24, 2.45) is 0 Å². The van der Waals surface area contributed by atoms with Crippen LogP contribution in [0.15, 0.2) is 40.9 Å². The summed E-state index contributed by atoms with van der Waals surface area (Å²) in [4.78, 5) is 12.3. The summed E-state index contributed by atoms with van der Waals surface area (Å²) in [7, 11) is 1.57. The van der Waals surface area contributed by atoms with Crippen LogP contribution in [0.5, 0.6) is 5.75 Å². The van der Waals surface area contributed by atoms with Gasteiger partial charge in [0.25, 0.3) is 0 Å². The molecule has 0 saturated heterocycles. The van der Waals surface area contributed by atoms with Gasteiger partial charge in [0.05, 0.1) is 11.6 Å². The fourth-order valence-corrected chi connectivity index (χ4v) is 2.36. The van der Waals surface area contributed by atoms with Gasteiger partial charge in [-0.05, 0) is 46.1 Å². The van der Waals surface area contributed by atoms with Gasteiger partial charge in [0.1, 0.15) is 11.6 Å². The highest BCUT2D eigenvalue weighted by molar-refractivity contribution is 9.10. The number of carbonyl (C=O) groups excluding carboxylic acids is 1. The lowest BCUT2D eigenvalue weighted by Gasteiger charge is -2.08. The molecule has 0 aliphatic heterocycles. The fourth-order valence-electron chi connectivity index (χ4n) is 1.95. The van der Waals surface area contributed by atoms with Crippen LogP contribution in [0.3, 0.4) is 0 Å². The topological polar surface area (TPSA) is 26.3 Å². The summed E-state index contributed by atoms with van der Waals surface area (Å²) in [6, 6.07) is 9.99. The van der Waals surface area contributed by atoms with E-state index in [-0.39, 0.29) is 18.0 Å². The zero-order valence-corrected chi connectivity index (χ0v) is 12.8. The normalized spacial score (nSPS) is 10.4. The van der Waals surface area contributed by atoms with E-state index in [1.807, 2.05) is 13.0 Å². The van der Waals surface area contributed by atoms with Crippen LogP contribution in [0, 0.1) is 12.7 Å². The minimum atomic E-state index is -0.364. The molecule has 0 aromatic heterocycles. The van der Waals surface area contributed by atoms with Crippen molar-refractivity contribution in [3.8, 4) is 5.75 Å². The molecule has 0 heterocycles. The third-order valence-electron chi connectivity index (χ3n) is 3.11. The Kier molecular flexibility index (Phi) is 4.55. The number of carbonyl (C=O) groups is 1. The lowest BCUT2D eigenvalue weighted by Crippen LogP contribution is -2.05. The third-order valence-corrected chi connectivity index (χ3v) is 4.00. The molecule has 104 valence electrons. The van der Waals surface area contributed by atoms with Crippen molar-refractivity contribution < 1.29 is 13.9 Å². The predicted octanol–water partition coefficient (Wildman–Crippen LogP) is 4.33. The van der Waals surface area contributed by atoms with Gasteiger partial charge in [-0.1, -0.05) is 24.3 Å². The zero-order chi connectivity index (χ0) is 14.7. The molecule has 0 amide bonds. The number of aryl methyl sites for hydroxylation is 1. The summed E-state index contributed by atoms with van der Waals surface area (Å²) in [6.45, 7) is 1.91. The van der Waals surface area contributed by atoms with Crippen LogP contribution in [-0.4, -0.2) is 12.9 Å². The largest absolute Gasteiger partial charge is 0.496 e. The molecule has 0 N–H and O–H groups in total. The standard InChI is InChI=1S/C16H14BrFO2/c1-10-6-7-11(9-15(10)20-2)14(19)8-12-4-3-5-13(18)16(12)17/h3-7,9H,8H2,1-2H3. The summed E-state index contributed by atoms with van der Waals surface area (Å²) in [5, 5.41) is 0. The number of halogens is 2. The van der Waals surface area contributed by atoms with Crippen LogP contribution in [-0.2, 0) is 6.42 Å². The van der Waals surface area contributed by atoms with E-state index in [9.17, 15) is 9.18 Å². The summed E-state index contributed by atoms with van der Waals surface area (Å²) < 4.78 is 19.0. The molecule has 20 heavy (non-hydrogen) atoms. The number of benzene rings is 2. The maximum absolute atomic E-state index is 13.4. The Balaban J connectivity index is 2.26. The molecule has 0 bridgehead atoms. The molecule has 2 rings (SSSR count). The van der Waals surface area contributed by atoms with Crippen molar-refractivity contribution >= 4 is 21.7 Å². The SMILES string of the molecule is COc1cc(C(=O)Cc2cccc(F)c2Br)ccc1C. The van der Waals surface area contributed by atoms with Gasteiger partial charge in [-0.3, -0.25) is 4.79 Å². The Morgan fingerprint density at radius 1 is 1.30 bits per heavy atom. The lowest BCUT2D eigenvalue weighted by molar-refractivity contribution is 0.0992. The van der Waals surface area contributed by atoms with Gasteiger partial charge in [-0.2, -0.15) is 0 Å². The number of Topliss-reactive ketones (excluding diaryl/α,β-unsaturated/α-hetero) is 1. The number of hydrogen-bond donors (Lipinski definition) is 0. The molecule has 0 unspecified atom stereocenters. The Morgan fingerprint density at radius 2 is 2.05 bits per heavy atom. The number of rotatable bonds is 4. The molecule has 0 spiro atoms. The summed E-state index contributed by atoms with van der Waals surface area (Å²) in [5.41, 5.74) is 2.16. The first-order valence-corrected chi connectivity index (χ1v) is 6.93. The van der Waals surface area contributed by atoms with Crippen molar-refractivity contribution in [3.63, 3.8) is 0 Å². The number of ketones is 1. The second-order valence-electron chi connectivity index (χ2n) is 4.50. The summed E-state index contributed by atoms with van der Waals surface area (Å²) >= 11 is 3.17. The van der Waals surface area contributed by atoms with Gasteiger partial charge in [-0.25, -0.2) is 4.39 Å². The van der Waals surface area contributed by atoms with E-state index in [1.165, 1.54) is 6.07 Å². The zero-order valence-electron chi connectivity index (χ0n) is 11.2. The highest BCUT2D eigenvalue weighted by Crippen LogP contribution is 2.24. The molecular weight excluding hydrogens is 323 g/mol. The predicted molar refractivity (Wildman–Crippen MR) is 79.9 cm³/mol. The van der Waals surface area contributed by atoms with E-state index in [4.69, 9.17) is 4.74 Å². The Bertz CT molecular complexity index is 653. The van der Waals surface area contributed by atoms with E-state index in [2.05, 4.69) is 15.9 Å². The first-order valence-electron chi connectivity index (χ1n) is 6.13. The molecule has 0 saturated carbocycles. The van der Waals surface area contributed by atoms with Crippen molar-refractivity contribution in [1.82, 2.24) is 0 Å². The number of methoxy groups -OCH3 is 1. The van der Waals surface area contributed by atoms with Crippen LogP contribution < -0.4 is 4.74 Å². The molecule has 0 aliphatic carbocycles. The van der Waals surface area contributed by atoms with Gasteiger partial charge in [-0.15, -0.1) is 0 Å². The average Bonchev–Trinajstić information content (AvgIpc) is 2.44. The van der Waals surface area contributed by atoms with Crippen LogP contribution in [0.1, 0.15) is 21.5 Å². The van der Waals surface area contributed by atoms with Gasteiger partial charge >= 0.3 is 0 Å². The minimum absolute atomic E-state index is 0.0744. The first kappa shape index (κ1) is 14.7. The fraction of sp³-hybridized carbons (Fsp3) is 0.188. The quantitative estimate of drug-likeness (QED) is 0.776. The molecule has 2 aromatic carbocycles. The molecule has 0 atom stereocenters. The van der Waals surface area contributed by atoms with Crippen LogP contribution in [0.2, 0.25) is 0 Å². The van der Waals surface area contributed by atoms with E-state index < -0.39 is 0 Å². The average molecular weight is 337 g/mol. The van der Waals surface area contributed by atoms with Gasteiger partial charge in [0.2, 0.25) is 0 Å². The van der Waals surface area contributed by atoms with Gasteiger partial charge < -0.3 is 4.74 Å². The van der Waals surface area contributed by atoms with Gasteiger partial charge in [0.15, 0.2) is 5.78 Å². The Morgan fingerprint density at radius 3 is 2.75 bits per heavy atom.